The molecule has 1 unspecified atom stereocenters. The van der Waals surface area contributed by atoms with Gasteiger partial charge in [0, 0.05) is 43.5 Å². The molecular weight excluding hydrogens is 414 g/mol. The summed E-state index contributed by atoms with van der Waals surface area (Å²) in [7, 11) is 0. The molecule has 2 amide bonds. The summed E-state index contributed by atoms with van der Waals surface area (Å²) in [5.41, 5.74) is 2.41. The number of nitrogens with one attached hydrogen (secondary N) is 1. The van der Waals surface area contributed by atoms with Gasteiger partial charge < -0.3 is 10.2 Å². The number of halogens is 1. The zero-order chi connectivity index (χ0) is 21.6. The van der Waals surface area contributed by atoms with Crippen LogP contribution in [0.5, 0.6) is 0 Å². The van der Waals surface area contributed by atoms with Gasteiger partial charge in [0.05, 0.1) is 6.20 Å². The second-order valence-corrected chi connectivity index (χ2v) is 8.16. The molecule has 1 N–H and O–H groups in total. The molecule has 2 aromatic carbocycles. The van der Waals surface area contributed by atoms with Crippen molar-refractivity contribution >= 4 is 23.4 Å². The molecule has 1 fully saturated rings. The van der Waals surface area contributed by atoms with E-state index in [2.05, 4.69) is 27.8 Å². The third kappa shape index (κ3) is 5.49. The van der Waals surface area contributed by atoms with E-state index in [1.807, 2.05) is 42.5 Å². The van der Waals surface area contributed by atoms with Crippen LogP contribution in [0.15, 0.2) is 60.8 Å². The van der Waals surface area contributed by atoms with Crippen LogP contribution in [-0.2, 0) is 24.3 Å². The number of aromatic nitrogens is 3. The molecule has 1 aromatic heterocycles. The van der Waals surface area contributed by atoms with E-state index in [4.69, 9.17) is 11.6 Å². The molecule has 8 heteroatoms. The van der Waals surface area contributed by atoms with E-state index >= 15 is 0 Å². The van der Waals surface area contributed by atoms with Crippen molar-refractivity contribution in [1.82, 2.24) is 25.2 Å². The van der Waals surface area contributed by atoms with Gasteiger partial charge in [-0.05, 0) is 23.6 Å². The minimum absolute atomic E-state index is 0.0621. The number of carbonyl (C=O) groups is 2. The van der Waals surface area contributed by atoms with Crippen LogP contribution >= 0.6 is 11.6 Å². The lowest BCUT2D eigenvalue weighted by Crippen LogP contribution is -2.31. The Labute approximate surface area is 186 Å². The summed E-state index contributed by atoms with van der Waals surface area (Å²) in [5, 5.41) is 11.6. The van der Waals surface area contributed by atoms with E-state index < -0.39 is 0 Å². The van der Waals surface area contributed by atoms with E-state index in [9.17, 15) is 9.59 Å². The third-order valence-corrected chi connectivity index (χ3v) is 5.78. The number of likely N-dealkylation sites (tertiary alicyclic amines) is 1. The smallest absolute Gasteiger partial charge is 0.273 e. The zero-order valence-electron chi connectivity index (χ0n) is 17.1. The van der Waals surface area contributed by atoms with E-state index in [1.165, 1.54) is 5.56 Å². The number of rotatable bonds is 8. The first kappa shape index (κ1) is 21.1. The van der Waals surface area contributed by atoms with E-state index in [0.717, 1.165) is 12.0 Å². The van der Waals surface area contributed by atoms with Crippen LogP contribution in [0.1, 0.15) is 28.0 Å². The van der Waals surface area contributed by atoms with Crippen LogP contribution in [0, 0.1) is 5.92 Å². The van der Waals surface area contributed by atoms with Crippen LogP contribution in [0.2, 0.25) is 5.02 Å². The molecule has 0 aliphatic carbocycles. The summed E-state index contributed by atoms with van der Waals surface area (Å²) < 4.78 is 1.67. The maximum atomic E-state index is 12.4. The number of hydrogen-bond acceptors (Lipinski definition) is 4. The molecular formula is C23H24ClN5O2. The summed E-state index contributed by atoms with van der Waals surface area (Å²) in [6.07, 6.45) is 2.88. The van der Waals surface area contributed by atoms with Crippen molar-refractivity contribution < 1.29 is 9.59 Å². The molecule has 31 heavy (non-hydrogen) atoms. The van der Waals surface area contributed by atoms with Crippen LogP contribution in [-0.4, -0.2) is 44.8 Å². The monoisotopic (exact) mass is 437 g/mol. The van der Waals surface area contributed by atoms with Gasteiger partial charge in [0.15, 0.2) is 5.69 Å². The summed E-state index contributed by atoms with van der Waals surface area (Å²) in [6, 6.07) is 17.6. The highest BCUT2D eigenvalue weighted by Crippen LogP contribution is 2.23. The van der Waals surface area contributed by atoms with Crippen LogP contribution < -0.4 is 5.32 Å². The fourth-order valence-corrected chi connectivity index (χ4v) is 3.90. The van der Waals surface area contributed by atoms with Gasteiger partial charge in [-0.2, -0.15) is 0 Å². The van der Waals surface area contributed by atoms with Crippen molar-refractivity contribution in [3.8, 4) is 0 Å². The Balaban J connectivity index is 1.25. The molecule has 0 bridgehead atoms. The van der Waals surface area contributed by atoms with Crippen molar-refractivity contribution in [2.75, 3.05) is 13.1 Å². The van der Waals surface area contributed by atoms with Crippen molar-refractivity contribution in [3.63, 3.8) is 0 Å². The van der Waals surface area contributed by atoms with Gasteiger partial charge in [0.1, 0.15) is 0 Å². The van der Waals surface area contributed by atoms with Gasteiger partial charge in [-0.1, -0.05) is 65.3 Å². The maximum absolute atomic E-state index is 12.4. The predicted molar refractivity (Wildman–Crippen MR) is 117 cm³/mol. The first-order valence-corrected chi connectivity index (χ1v) is 10.7. The van der Waals surface area contributed by atoms with Crippen LogP contribution in [0.3, 0.4) is 0 Å². The fourth-order valence-electron chi connectivity index (χ4n) is 3.70. The van der Waals surface area contributed by atoms with Crippen molar-refractivity contribution in [3.05, 3.63) is 82.6 Å². The van der Waals surface area contributed by atoms with Crippen molar-refractivity contribution in [2.24, 2.45) is 5.92 Å². The highest BCUT2D eigenvalue weighted by atomic mass is 35.5. The SMILES string of the molecule is O=C(NCC1CC(=O)N(Cc2ccccc2Cl)C1)c1cn(CCc2ccccc2)nn1. The molecule has 0 spiro atoms. The van der Waals surface area contributed by atoms with Gasteiger partial charge in [-0.15, -0.1) is 5.10 Å². The first-order valence-electron chi connectivity index (χ1n) is 10.3. The number of hydrogen-bond donors (Lipinski definition) is 1. The summed E-state index contributed by atoms with van der Waals surface area (Å²) in [5.74, 6) is -0.138. The van der Waals surface area contributed by atoms with E-state index in [-0.39, 0.29) is 23.4 Å². The fraction of sp³-hybridized carbons (Fsp3) is 0.304. The third-order valence-electron chi connectivity index (χ3n) is 5.41. The minimum atomic E-state index is -0.275. The first-order chi connectivity index (χ1) is 15.1. The number of benzene rings is 2. The Hall–Kier alpha value is -3.19. The second-order valence-electron chi connectivity index (χ2n) is 7.75. The Morgan fingerprint density at radius 3 is 2.71 bits per heavy atom. The average Bonchev–Trinajstić information content (AvgIpc) is 3.40. The molecule has 160 valence electrons. The highest BCUT2D eigenvalue weighted by molar-refractivity contribution is 6.31. The van der Waals surface area contributed by atoms with Crippen LogP contribution in [0.25, 0.3) is 0 Å². The Kier molecular flexibility index (Phi) is 6.62. The normalized spacial score (nSPS) is 16.0. The molecule has 0 saturated carbocycles. The maximum Gasteiger partial charge on any atom is 0.273 e. The standard InChI is InChI=1S/C23H24ClN5O2/c24-20-9-5-4-8-19(20)15-28-14-18(12-22(28)30)13-25-23(31)21-16-29(27-26-21)11-10-17-6-2-1-3-7-17/h1-9,16,18H,10-15H2,(H,25,31). The Morgan fingerprint density at radius 1 is 1.13 bits per heavy atom. The van der Waals surface area contributed by atoms with Gasteiger partial charge in [0.25, 0.3) is 5.91 Å². The topological polar surface area (TPSA) is 80.1 Å². The molecule has 0 radical (unpaired) electrons. The molecule has 2 heterocycles. The van der Waals surface area contributed by atoms with Gasteiger partial charge in [-0.25, -0.2) is 0 Å². The van der Waals surface area contributed by atoms with Crippen molar-refractivity contribution in [2.45, 2.75) is 25.9 Å². The number of amides is 2. The largest absolute Gasteiger partial charge is 0.350 e. The quantitative estimate of drug-likeness (QED) is 0.587. The Bertz CT molecular complexity index is 1050. The molecule has 7 nitrogen and oxygen atoms in total. The van der Waals surface area contributed by atoms with Gasteiger partial charge >= 0.3 is 0 Å². The molecule has 1 saturated heterocycles. The zero-order valence-corrected chi connectivity index (χ0v) is 17.8. The highest BCUT2D eigenvalue weighted by Gasteiger charge is 2.30. The molecule has 3 aromatic rings. The summed E-state index contributed by atoms with van der Waals surface area (Å²) >= 11 is 6.21. The lowest BCUT2D eigenvalue weighted by Gasteiger charge is -2.17. The molecule has 1 aliphatic rings. The van der Waals surface area contributed by atoms with Crippen LogP contribution in [0.4, 0.5) is 0 Å². The molecule has 4 rings (SSSR count). The average molecular weight is 438 g/mol. The lowest BCUT2D eigenvalue weighted by molar-refractivity contribution is -0.128. The number of nitrogens with zero attached hydrogens (tertiary/aromatic N) is 4. The van der Waals surface area contributed by atoms with Crippen molar-refractivity contribution in [1.29, 1.82) is 0 Å². The summed E-state index contributed by atoms with van der Waals surface area (Å²) in [6.45, 7) is 2.14. The van der Waals surface area contributed by atoms with Gasteiger partial charge in [-0.3, -0.25) is 14.3 Å². The lowest BCUT2D eigenvalue weighted by atomic mass is 10.1. The minimum Gasteiger partial charge on any atom is -0.350 e. The number of carbonyl (C=O) groups excluding carboxylic acids is 2. The molecule has 1 atom stereocenters. The summed E-state index contributed by atoms with van der Waals surface area (Å²) in [4.78, 5) is 26.6. The van der Waals surface area contributed by atoms with Gasteiger partial charge in [0.2, 0.25) is 5.91 Å². The second kappa shape index (κ2) is 9.75. The predicted octanol–water partition coefficient (Wildman–Crippen LogP) is 2.95. The van der Waals surface area contributed by atoms with E-state index in [0.29, 0.717) is 37.6 Å². The van der Waals surface area contributed by atoms with E-state index in [1.54, 1.807) is 15.8 Å². The molecule has 1 aliphatic heterocycles. The number of aryl methyl sites for hydroxylation is 2. The Morgan fingerprint density at radius 2 is 1.90 bits per heavy atom.